The van der Waals surface area contributed by atoms with Crippen molar-refractivity contribution in [3.63, 3.8) is 0 Å². The summed E-state index contributed by atoms with van der Waals surface area (Å²) in [5, 5.41) is 28.3. The largest absolute Gasteiger partial charge is 0.481 e. The summed E-state index contributed by atoms with van der Waals surface area (Å²) >= 11 is 10.6. The first-order valence-corrected chi connectivity index (χ1v) is 11.4. The first-order valence-electron chi connectivity index (χ1n) is 10.6. The molecule has 0 bridgehead atoms. The molecule has 1 unspecified atom stereocenters. The third kappa shape index (κ3) is 6.53. The number of nitrogens with zero attached hydrogens (tertiary/aromatic N) is 2. The number of carboxylic acid groups (broad SMARTS) is 1. The number of carbonyl (C=O) groups is 1. The molecule has 10 heteroatoms. The highest BCUT2D eigenvalue weighted by atomic mass is 32.1. The van der Waals surface area contributed by atoms with Crippen LogP contribution in [0, 0.1) is 29.9 Å². The molecule has 33 heavy (non-hydrogen) atoms. The summed E-state index contributed by atoms with van der Waals surface area (Å²) in [6, 6.07) is 13.8. The molecule has 5 N–H and O–H groups in total. The van der Waals surface area contributed by atoms with Crippen molar-refractivity contribution < 1.29 is 15.0 Å². The monoisotopic (exact) mass is 486 g/mol. The van der Waals surface area contributed by atoms with E-state index in [2.05, 4.69) is 15.5 Å². The number of hydrogen-bond donors (Lipinski definition) is 5. The number of aliphatic hydroxyl groups excluding tert-OH is 1. The maximum absolute atomic E-state index is 11.0. The predicted octanol–water partition coefficient (Wildman–Crippen LogP) is 4.52. The molecule has 0 saturated heterocycles. The van der Waals surface area contributed by atoms with E-state index in [1.165, 1.54) is 0 Å². The van der Waals surface area contributed by atoms with E-state index in [1.807, 2.05) is 61.2 Å². The summed E-state index contributed by atoms with van der Waals surface area (Å²) in [4.78, 5) is 13.0. The number of para-hydroxylation sites is 1. The fourth-order valence-electron chi connectivity index (χ4n) is 3.74. The van der Waals surface area contributed by atoms with E-state index in [9.17, 15) is 9.90 Å². The number of aromatic nitrogens is 3. The van der Waals surface area contributed by atoms with Gasteiger partial charge in [0.05, 0.1) is 24.8 Å². The third-order valence-electron chi connectivity index (χ3n) is 5.15. The third-order valence-corrected chi connectivity index (χ3v) is 5.72. The standard InChI is InChI=1S/C23H28N5O3S2/c1-15-6-3-7-16(2)21(15)27(14-19(29)13-20(30)31)11-5-10-24-17-8-4-9-18(12-17)28-22(32)25-26-23(28)33/h3-4,6-9,12,14,19,24,29H,5,10-11,13H2,1-2H3,(H,25,32)(H,26,33)(H,30,31). The number of anilines is 2. The molecule has 3 aromatic rings. The zero-order valence-corrected chi connectivity index (χ0v) is 20.2. The van der Waals surface area contributed by atoms with E-state index in [4.69, 9.17) is 29.5 Å². The van der Waals surface area contributed by atoms with Gasteiger partial charge in [0.25, 0.3) is 0 Å². The summed E-state index contributed by atoms with van der Waals surface area (Å²) in [6.07, 6.45) is -0.643. The van der Waals surface area contributed by atoms with Gasteiger partial charge in [0.1, 0.15) is 0 Å². The van der Waals surface area contributed by atoms with Crippen molar-refractivity contribution >= 4 is 41.8 Å². The van der Waals surface area contributed by atoms with Crippen molar-refractivity contribution in [3.05, 3.63) is 69.7 Å². The molecular weight excluding hydrogens is 458 g/mol. The van der Waals surface area contributed by atoms with E-state index in [0.29, 0.717) is 22.6 Å². The van der Waals surface area contributed by atoms with Crippen LogP contribution in [-0.2, 0) is 4.79 Å². The minimum Gasteiger partial charge on any atom is -0.481 e. The molecule has 0 amide bonds. The summed E-state index contributed by atoms with van der Waals surface area (Å²) in [5.74, 6) is -1.04. The van der Waals surface area contributed by atoms with Crippen LogP contribution in [0.25, 0.3) is 5.69 Å². The van der Waals surface area contributed by atoms with Crippen LogP contribution in [-0.4, -0.2) is 50.1 Å². The molecule has 1 atom stereocenters. The minimum atomic E-state index is -1.07. The van der Waals surface area contributed by atoms with Gasteiger partial charge in [-0.05, 0) is 74.0 Å². The number of carboxylic acids is 1. The number of nitrogens with one attached hydrogen (secondary N) is 3. The highest BCUT2D eigenvalue weighted by Crippen LogP contribution is 2.27. The van der Waals surface area contributed by atoms with Gasteiger partial charge in [-0.25, -0.2) is 0 Å². The van der Waals surface area contributed by atoms with Crippen molar-refractivity contribution in [2.45, 2.75) is 32.8 Å². The Morgan fingerprint density at radius 3 is 2.42 bits per heavy atom. The lowest BCUT2D eigenvalue weighted by Crippen LogP contribution is -2.31. The molecule has 0 aliphatic rings. The fourth-order valence-corrected chi connectivity index (χ4v) is 4.29. The van der Waals surface area contributed by atoms with Gasteiger partial charge in [0.2, 0.25) is 0 Å². The lowest BCUT2D eigenvalue weighted by atomic mass is 10.1. The Morgan fingerprint density at radius 1 is 1.15 bits per heavy atom. The first-order chi connectivity index (χ1) is 15.8. The second-order valence-corrected chi connectivity index (χ2v) is 8.55. The van der Waals surface area contributed by atoms with E-state index in [-0.39, 0.29) is 6.42 Å². The molecule has 0 spiro atoms. The van der Waals surface area contributed by atoms with Gasteiger partial charge in [0.15, 0.2) is 9.54 Å². The van der Waals surface area contributed by atoms with Crippen molar-refractivity contribution in [1.82, 2.24) is 14.8 Å². The van der Waals surface area contributed by atoms with Crippen LogP contribution in [0.2, 0.25) is 0 Å². The molecule has 2 aromatic carbocycles. The van der Waals surface area contributed by atoms with Crippen molar-refractivity contribution in [2.75, 3.05) is 23.3 Å². The number of hydrogen-bond acceptors (Lipinski definition) is 6. The van der Waals surface area contributed by atoms with Crippen LogP contribution < -0.4 is 10.2 Å². The van der Waals surface area contributed by atoms with Crippen molar-refractivity contribution in [3.8, 4) is 5.69 Å². The average Bonchev–Trinajstić information content (AvgIpc) is 3.08. The Kier molecular flexibility index (Phi) is 8.43. The van der Waals surface area contributed by atoms with E-state index >= 15 is 0 Å². The highest BCUT2D eigenvalue weighted by Gasteiger charge is 2.18. The zero-order valence-electron chi connectivity index (χ0n) is 18.5. The lowest BCUT2D eigenvalue weighted by molar-refractivity contribution is -0.138. The van der Waals surface area contributed by atoms with Gasteiger partial charge in [-0.3, -0.25) is 19.6 Å². The molecule has 0 fully saturated rings. The van der Waals surface area contributed by atoms with Crippen LogP contribution in [0.1, 0.15) is 24.0 Å². The van der Waals surface area contributed by atoms with Crippen molar-refractivity contribution in [2.24, 2.45) is 0 Å². The Hall–Kier alpha value is -2.95. The Morgan fingerprint density at radius 2 is 1.79 bits per heavy atom. The summed E-state index contributed by atoms with van der Waals surface area (Å²) in [6.45, 7) is 6.91. The van der Waals surface area contributed by atoms with Gasteiger partial charge in [-0.1, -0.05) is 24.3 Å². The number of aliphatic hydroxyl groups is 1. The van der Waals surface area contributed by atoms with E-state index < -0.39 is 12.1 Å². The summed E-state index contributed by atoms with van der Waals surface area (Å²) < 4.78 is 2.74. The maximum Gasteiger partial charge on any atom is 0.306 e. The quantitative estimate of drug-likeness (QED) is 0.200. The summed E-state index contributed by atoms with van der Waals surface area (Å²) in [7, 11) is 0. The molecular formula is C23H28N5O3S2. The number of benzene rings is 2. The van der Waals surface area contributed by atoms with Crippen LogP contribution in [0.3, 0.4) is 0 Å². The number of aryl methyl sites for hydroxylation is 2. The van der Waals surface area contributed by atoms with Crippen LogP contribution in [0.5, 0.6) is 0 Å². The molecule has 8 nitrogen and oxygen atoms in total. The number of aromatic amines is 2. The Bertz CT molecular complexity index is 1170. The molecule has 175 valence electrons. The number of rotatable bonds is 11. The molecule has 1 aromatic heterocycles. The van der Waals surface area contributed by atoms with Crippen molar-refractivity contribution in [1.29, 1.82) is 0 Å². The number of aliphatic carboxylic acids is 1. The van der Waals surface area contributed by atoms with Gasteiger partial charge < -0.3 is 20.4 Å². The topological polar surface area (TPSA) is 109 Å². The SMILES string of the molecule is Cc1cccc(C)c1N([CH]C(O)CC(=O)O)CCCNc1cccc(-n2c(=S)[nH][nH]c2=S)c1. The zero-order chi connectivity index (χ0) is 24.0. The molecule has 1 heterocycles. The van der Waals surface area contributed by atoms with Crippen LogP contribution >= 0.6 is 24.4 Å². The molecule has 0 aliphatic carbocycles. The molecule has 0 aliphatic heterocycles. The number of H-pyrrole nitrogens is 2. The second-order valence-electron chi connectivity index (χ2n) is 7.77. The Labute approximate surface area is 202 Å². The van der Waals surface area contributed by atoms with Crippen LogP contribution in [0.4, 0.5) is 11.4 Å². The van der Waals surface area contributed by atoms with Gasteiger partial charge >= 0.3 is 5.97 Å². The lowest BCUT2D eigenvalue weighted by Gasteiger charge is -2.29. The maximum atomic E-state index is 11.0. The normalized spacial score (nSPS) is 11.8. The second kappa shape index (κ2) is 11.3. The fraction of sp³-hybridized carbons (Fsp3) is 0.304. The van der Waals surface area contributed by atoms with Gasteiger partial charge in [-0.15, -0.1) is 0 Å². The minimum absolute atomic E-state index is 0.337. The Balaban J connectivity index is 1.67. The highest BCUT2D eigenvalue weighted by molar-refractivity contribution is 7.72. The first kappa shape index (κ1) is 24.7. The average molecular weight is 487 g/mol. The summed E-state index contributed by atoms with van der Waals surface area (Å²) in [5.41, 5.74) is 4.90. The van der Waals surface area contributed by atoms with E-state index in [1.54, 1.807) is 11.1 Å². The van der Waals surface area contributed by atoms with Gasteiger partial charge in [-0.2, -0.15) is 0 Å². The smallest absolute Gasteiger partial charge is 0.306 e. The molecule has 1 radical (unpaired) electrons. The molecule has 3 rings (SSSR count). The predicted molar refractivity (Wildman–Crippen MR) is 135 cm³/mol. The van der Waals surface area contributed by atoms with Crippen LogP contribution in [0.15, 0.2) is 42.5 Å². The van der Waals surface area contributed by atoms with E-state index in [0.717, 1.165) is 34.6 Å². The molecule has 0 saturated carbocycles. The van der Waals surface area contributed by atoms with Gasteiger partial charge in [0, 0.05) is 24.5 Å².